The molecule has 1 aliphatic heterocycles. The second-order valence-corrected chi connectivity index (χ2v) is 5.23. The third-order valence-corrected chi connectivity index (χ3v) is 3.64. The van der Waals surface area contributed by atoms with Gasteiger partial charge in [0.15, 0.2) is 0 Å². The molecule has 0 spiro atoms. The monoisotopic (exact) mass is 266 g/mol. The summed E-state index contributed by atoms with van der Waals surface area (Å²) in [6, 6.07) is 7.61. The number of piperidine rings is 1. The molecule has 0 saturated carbocycles. The van der Waals surface area contributed by atoms with Crippen LogP contribution in [0.2, 0.25) is 5.02 Å². The molecular formula is C14H19ClN2O. The summed E-state index contributed by atoms with van der Waals surface area (Å²) in [5, 5.41) is 0.689. The quantitative estimate of drug-likeness (QED) is 0.914. The molecule has 3 nitrogen and oxygen atoms in total. The van der Waals surface area contributed by atoms with Gasteiger partial charge in [0.1, 0.15) is 0 Å². The molecule has 0 radical (unpaired) electrons. The molecule has 1 aliphatic rings. The molecule has 0 aromatic heterocycles. The van der Waals surface area contributed by atoms with Crippen LogP contribution in [0.25, 0.3) is 0 Å². The number of hydrogen-bond acceptors (Lipinski definition) is 2. The van der Waals surface area contributed by atoms with Crippen LogP contribution >= 0.6 is 11.6 Å². The molecule has 18 heavy (non-hydrogen) atoms. The van der Waals surface area contributed by atoms with Gasteiger partial charge in [-0.1, -0.05) is 30.7 Å². The van der Waals surface area contributed by atoms with Crippen molar-refractivity contribution in [3.05, 3.63) is 34.9 Å². The zero-order chi connectivity index (χ0) is 13.1. The van der Waals surface area contributed by atoms with Gasteiger partial charge in [0, 0.05) is 24.0 Å². The van der Waals surface area contributed by atoms with E-state index >= 15 is 0 Å². The van der Waals surface area contributed by atoms with Crippen LogP contribution < -0.4 is 5.73 Å². The number of rotatable bonds is 3. The van der Waals surface area contributed by atoms with Crippen LogP contribution in [0.15, 0.2) is 24.3 Å². The molecule has 1 saturated heterocycles. The topological polar surface area (TPSA) is 46.3 Å². The number of hydrogen-bond donors (Lipinski definition) is 1. The van der Waals surface area contributed by atoms with E-state index in [0.29, 0.717) is 11.4 Å². The molecule has 0 bridgehead atoms. The molecule has 2 rings (SSSR count). The third kappa shape index (κ3) is 2.68. The Morgan fingerprint density at radius 2 is 2.28 bits per heavy atom. The highest BCUT2D eigenvalue weighted by Gasteiger charge is 2.34. The van der Waals surface area contributed by atoms with Gasteiger partial charge in [-0.3, -0.25) is 4.79 Å². The van der Waals surface area contributed by atoms with Crippen molar-refractivity contribution >= 4 is 17.5 Å². The first-order valence-electron chi connectivity index (χ1n) is 6.44. The van der Waals surface area contributed by atoms with Crippen molar-refractivity contribution in [2.75, 3.05) is 6.54 Å². The maximum atomic E-state index is 12.0. The van der Waals surface area contributed by atoms with E-state index in [2.05, 4.69) is 6.92 Å². The van der Waals surface area contributed by atoms with Crippen LogP contribution in [0.1, 0.15) is 37.8 Å². The Morgan fingerprint density at radius 3 is 2.94 bits per heavy atom. The SMILES string of the molecule is CCCN1C(=O)CCC(N)C1c1cccc(Cl)c1. The third-order valence-electron chi connectivity index (χ3n) is 3.41. The largest absolute Gasteiger partial charge is 0.334 e. The zero-order valence-corrected chi connectivity index (χ0v) is 11.4. The summed E-state index contributed by atoms with van der Waals surface area (Å²) in [7, 11) is 0. The molecule has 4 heteroatoms. The van der Waals surface area contributed by atoms with Crippen LogP contribution in [-0.4, -0.2) is 23.4 Å². The highest BCUT2D eigenvalue weighted by atomic mass is 35.5. The summed E-state index contributed by atoms with van der Waals surface area (Å²) in [5.41, 5.74) is 7.25. The lowest BCUT2D eigenvalue weighted by molar-refractivity contribution is -0.137. The van der Waals surface area contributed by atoms with E-state index < -0.39 is 0 Å². The number of likely N-dealkylation sites (tertiary alicyclic amines) is 1. The minimum atomic E-state index is -0.0371. The van der Waals surface area contributed by atoms with E-state index in [-0.39, 0.29) is 18.0 Å². The molecule has 98 valence electrons. The summed E-state index contributed by atoms with van der Waals surface area (Å²) < 4.78 is 0. The van der Waals surface area contributed by atoms with Gasteiger partial charge in [-0.25, -0.2) is 0 Å². The number of halogens is 1. The predicted octanol–water partition coefficient (Wildman–Crippen LogP) is 2.74. The van der Waals surface area contributed by atoms with Gasteiger partial charge in [0.05, 0.1) is 6.04 Å². The first kappa shape index (κ1) is 13.4. The summed E-state index contributed by atoms with van der Waals surface area (Å²) >= 11 is 6.03. The fraction of sp³-hybridized carbons (Fsp3) is 0.500. The average molecular weight is 267 g/mol. The zero-order valence-electron chi connectivity index (χ0n) is 10.6. The lowest BCUT2D eigenvalue weighted by Gasteiger charge is -2.40. The molecule has 1 aromatic rings. The Balaban J connectivity index is 2.33. The molecule has 0 aliphatic carbocycles. The smallest absolute Gasteiger partial charge is 0.223 e. The molecule has 1 fully saturated rings. The standard InChI is InChI=1S/C14H19ClN2O/c1-2-8-17-13(18)7-6-12(16)14(17)10-4-3-5-11(15)9-10/h3-5,9,12,14H,2,6-8,16H2,1H3. The van der Waals surface area contributed by atoms with Gasteiger partial charge in [0.2, 0.25) is 5.91 Å². The highest BCUT2D eigenvalue weighted by molar-refractivity contribution is 6.30. The molecule has 2 N–H and O–H groups in total. The van der Waals surface area contributed by atoms with E-state index in [0.717, 1.165) is 24.9 Å². The van der Waals surface area contributed by atoms with E-state index in [4.69, 9.17) is 17.3 Å². The Bertz CT molecular complexity index is 436. The molecule has 1 amide bonds. The van der Waals surface area contributed by atoms with Crippen molar-refractivity contribution in [3.8, 4) is 0 Å². The van der Waals surface area contributed by atoms with Crippen LogP contribution in [0, 0.1) is 0 Å². The molecular weight excluding hydrogens is 248 g/mol. The maximum absolute atomic E-state index is 12.0. The van der Waals surface area contributed by atoms with E-state index in [1.807, 2.05) is 29.2 Å². The number of benzene rings is 1. The van der Waals surface area contributed by atoms with Gasteiger partial charge in [0.25, 0.3) is 0 Å². The maximum Gasteiger partial charge on any atom is 0.223 e. The average Bonchev–Trinajstić information content (AvgIpc) is 2.34. The lowest BCUT2D eigenvalue weighted by atomic mass is 9.90. The minimum Gasteiger partial charge on any atom is -0.334 e. The number of nitrogens with zero attached hydrogens (tertiary/aromatic N) is 1. The van der Waals surface area contributed by atoms with Gasteiger partial charge in [-0.2, -0.15) is 0 Å². The summed E-state index contributed by atoms with van der Waals surface area (Å²) in [6.45, 7) is 2.83. The van der Waals surface area contributed by atoms with Gasteiger partial charge in [-0.15, -0.1) is 0 Å². The highest BCUT2D eigenvalue weighted by Crippen LogP contribution is 2.32. The Labute approximate surface area is 113 Å². The fourth-order valence-electron chi connectivity index (χ4n) is 2.60. The Morgan fingerprint density at radius 1 is 1.50 bits per heavy atom. The second-order valence-electron chi connectivity index (χ2n) is 4.79. The molecule has 2 unspecified atom stereocenters. The van der Waals surface area contributed by atoms with Crippen LogP contribution in [0.3, 0.4) is 0 Å². The number of carbonyl (C=O) groups excluding carboxylic acids is 1. The summed E-state index contributed by atoms with van der Waals surface area (Å²) in [4.78, 5) is 13.9. The van der Waals surface area contributed by atoms with Crippen molar-refractivity contribution in [1.29, 1.82) is 0 Å². The van der Waals surface area contributed by atoms with E-state index in [1.165, 1.54) is 0 Å². The van der Waals surface area contributed by atoms with Gasteiger partial charge >= 0.3 is 0 Å². The van der Waals surface area contributed by atoms with E-state index in [1.54, 1.807) is 0 Å². The van der Waals surface area contributed by atoms with Crippen molar-refractivity contribution in [2.24, 2.45) is 5.73 Å². The van der Waals surface area contributed by atoms with Crippen LogP contribution in [-0.2, 0) is 4.79 Å². The van der Waals surface area contributed by atoms with Crippen molar-refractivity contribution in [3.63, 3.8) is 0 Å². The number of carbonyl (C=O) groups is 1. The predicted molar refractivity (Wildman–Crippen MR) is 73.4 cm³/mol. The first-order chi connectivity index (χ1) is 8.63. The normalized spacial score (nSPS) is 24.4. The molecule has 1 aromatic carbocycles. The van der Waals surface area contributed by atoms with Gasteiger partial charge in [-0.05, 0) is 30.5 Å². The summed E-state index contributed by atoms with van der Waals surface area (Å²) in [5.74, 6) is 0.198. The fourth-order valence-corrected chi connectivity index (χ4v) is 2.80. The first-order valence-corrected chi connectivity index (χ1v) is 6.81. The van der Waals surface area contributed by atoms with Gasteiger partial charge < -0.3 is 10.6 Å². The van der Waals surface area contributed by atoms with Crippen molar-refractivity contribution in [2.45, 2.75) is 38.3 Å². The van der Waals surface area contributed by atoms with Crippen LogP contribution in [0.5, 0.6) is 0 Å². The minimum absolute atomic E-state index is 0.00674. The second kappa shape index (κ2) is 5.72. The molecule has 1 heterocycles. The Kier molecular flexibility index (Phi) is 4.25. The van der Waals surface area contributed by atoms with Crippen molar-refractivity contribution in [1.82, 2.24) is 4.90 Å². The number of nitrogens with two attached hydrogens (primary N) is 1. The Hall–Kier alpha value is -1.06. The summed E-state index contributed by atoms with van der Waals surface area (Å²) in [6.07, 6.45) is 2.24. The van der Waals surface area contributed by atoms with E-state index in [9.17, 15) is 4.79 Å². The molecule has 2 atom stereocenters. The van der Waals surface area contributed by atoms with Crippen LogP contribution in [0.4, 0.5) is 0 Å². The lowest BCUT2D eigenvalue weighted by Crippen LogP contribution is -2.49. The van der Waals surface area contributed by atoms with Crippen molar-refractivity contribution < 1.29 is 4.79 Å². The number of amides is 1.